The number of hydrogen-bond acceptors (Lipinski definition) is 2. The second-order valence-corrected chi connectivity index (χ2v) is 5.17. The molecule has 0 saturated heterocycles. The predicted molar refractivity (Wildman–Crippen MR) is 74.2 cm³/mol. The van der Waals surface area contributed by atoms with Gasteiger partial charge in [0, 0.05) is 10.1 Å². The summed E-state index contributed by atoms with van der Waals surface area (Å²) in [5, 5.41) is 0. The molecular formula is C13H16INO. The van der Waals surface area contributed by atoms with Crippen molar-refractivity contribution in [3.63, 3.8) is 0 Å². The van der Waals surface area contributed by atoms with E-state index in [1.165, 1.54) is 9.13 Å². The van der Waals surface area contributed by atoms with Crippen molar-refractivity contribution in [3.05, 3.63) is 45.2 Å². The van der Waals surface area contributed by atoms with E-state index in [-0.39, 0.29) is 6.04 Å². The molecule has 2 rings (SSSR count). The lowest BCUT2D eigenvalue weighted by atomic mass is 10.00. The summed E-state index contributed by atoms with van der Waals surface area (Å²) in [5.41, 5.74) is 1.33. The molecule has 1 aliphatic rings. The molecule has 0 fully saturated rings. The molecule has 0 aliphatic carbocycles. The number of rotatable bonds is 2. The maximum atomic E-state index is 5.50. The maximum Gasteiger partial charge on any atom is 0.113 e. The molecule has 1 unspecified atom stereocenters. The van der Waals surface area contributed by atoms with E-state index in [2.05, 4.69) is 64.9 Å². The van der Waals surface area contributed by atoms with Gasteiger partial charge in [-0.3, -0.25) is 4.90 Å². The number of likely N-dealkylation sites (N-methyl/N-ethyl adjacent to an activating group) is 1. The van der Waals surface area contributed by atoms with E-state index in [1.54, 1.807) is 7.11 Å². The monoisotopic (exact) mass is 329 g/mol. The molecule has 0 radical (unpaired) electrons. The first kappa shape index (κ1) is 11.9. The predicted octanol–water partition coefficient (Wildman–Crippen LogP) is 3.20. The standard InChI is InChI=1S/C13H16INO/c1-15-9-5-8-12(16-2)13(15)10-6-3-4-7-11(10)14/h3-4,6-8,13H,5,9H2,1-2H3. The summed E-state index contributed by atoms with van der Waals surface area (Å²) in [4.78, 5) is 2.34. The van der Waals surface area contributed by atoms with Gasteiger partial charge in [-0.1, -0.05) is 18.2 Å². The number of ether oxygens (including phenoxy) is 1. The summed E-state index contributed by atoms with van der Waals surface area (Å²) in [6.45, 7) is 1.09. The molecule has 0 bridgehead atoms. The first-order valence-electron chi connectivity index (χ1n) is 5.42. The van der Waals surface area contributed by atoms with Crippen LogP contribution in [0.15, 0.2) is 36.1 Å². The summed E-state index contributed by atoms with van der Waals surface area (Å²) < 4.78 is 6.79. The minimum Gasteiger partial charge on any atom is -0.499 e. The molecule has 1 atom stereocenters. The van der Waals surface area contributed by atoms with Gasteiger partial charge in [0.05, 0.1) is 13.2 Å². The smallest absolute Gasteiger partial charge is 0.113 e. The topological polar surface area (TPSA) is 12.5 Å². The van der Waals surface area contributed by atoms with Crippen LogP contribution in [-0.4, -0.2) is 25.6 Å². The third-order valence-corrected chi connectivity index (χ3v) is 3.96. The minimum atomic E-state index is 0.270. The number of nitrogens with zero attached hydrogens (tertiary/aromatic N) is 1. The highest BCUT2D eigenvalue weighted by atomic mass is 127. The highest BCUT2D eigenvalue weighted by molar-refractivity contribution is 14.1. The van der Waals surface area contributed by atoms with Crippen LogP contribution >= 0.6 is 22.6 Å². The van der Waals surface area contributed by atoms with Gasteiger partial charge in [-0.05, 0) is 53.8 Å². The summed E-state index contributed by atoms with van der Waals surface area (Å²) in [6, 6.07) is 8.76. The van der Waals surface area contributed by atoms with Crippen molar-refractivity contribution in [1.82, 2.24) is 4.90 Å². The maximum absolute atomic E-state index is 5.50. The molecule has 86 valence electrons. The zero-order valence-corrected chi connectivity index (χ0v) is 11.8. The van der Waals surface area contributed by atoms with E-state index >= 15 is 0 Å². The van der Waals surface area contributed by atoms with Gasteiger partial charge in [0.1, 0.15) is 5.76 Å². The van der Waals surface area contributed by atoms with Gasteiger partial charge in [-0.2, -0.15) is 0 Å². The molecule has 1 heterocycles. The summed E-state index contributed by atoms with van der Waals surface area (Å²) in [5.74, 6) is 1.07. The first-order chi connectivity index (χ1) is 7.74. The van der Waals surface area contributed by atoms with Crippen molar-refractivity contribution < 1.29 is 4.74 Å². The van der Waals surface area contributed by atoms with E-state index in [0.717, 1.165) is 18.7 Å². The van der Waals surface area contributed by atoms with Crippen molar-refractivity contribution in [2.24, 2.45) is 0 Å². The number of hydrogen-bond donors (Lipinski definition) is 0. The second kappa shape index (κ2) is 5.19. The molecule has 0 amide bonds. The van der Waals surface area contributed by atoms with Gasteiger partial charge < -0.3 is 4.74 Å². The lowest BCUT2D eigenvalue weighted by Gasteiger charge is -2.33. The molecule has 1 aromatic rings. The second-order valence-electron chi connectivity index (χ2n) is 4.00. The fourth-order valence-electron chi connectivity index (χ4n) is 2.15. The van der Waals surface area contributed by atoms with Crippen LogP contribution in [0.4, 0.5) is 0 Å². The Bertz CT molecular complexity index is 403. The lowest BCUT2D eigenvalue weighted by molar-refractivity contribution is 0.161. The molecule has 0 saturated carbocycles. The summed E-state index contributed by atoms with van der Waals surface area (Å²) in [6.07, 6.45) is 3.27. The van der Waals surface area contributed by atoms with E-state index in [9.17, 15) is 0 Å². The SMILES string of the molecule is COC1=CCCN(C)C1c1ccccc1I. The van der Waals surface area contributed by atoms with Crippen LogP contribution in [0.2, 0.25) is 0 Å². The number of halogens is 1. The molecular weight excluding hydrogens is 313 g/mol. The first-order valence-corrected chi connectivity index (χ1v) is 6.50. The van der Waals surface area contributed by atoms with Gasteiger partial charge in [0.25, 0.3) is 0 Å². The van der Waals surface area contributed by atoms with Gasteiger partial charge in [0.15, 0.2) is 0 Å². The zero-order valence-electron chi connectivity index (χ0n) is 9.61. The zero-order chi connectivity index (χ0) is 11.5. The molecule has 3 heteroatoms. The van der Waals surface area contributed by atoms with Crippen LogP contribution in [0.5, 0.6) is 0 Å². The van der Waals surface area contributed by atoms with Crippen LogP contribution in [0.25, 0.3) is 0 Å². The highest BCUT2D eigenvalue weighted by Gasteiger charge is 2.26. The van der Waals surface area contributed by atoms with Gasteiger partial charge >= 0.3 is 0 Å². The highest BCUT2D eigenvalue weighted by Crippen LogP contribution is 2.33. The van der Waals surface area contributed by atoms with Crippen LogP contribution < -0.4 is 0 Å². The minimum absolute atomic E-state index is 0.270. The van der Waals surface area contributed by atoms with Crippen LogP contribution in [-0.2, 0) is 4.74 Å². The number of benzene rings is 1. The fraction of sp³-hybridized carbons (Fsp3) is 0.385. The molecule has 1 aromatic carbocycles. The fourth-order valence-corrected chi connectivity index (χ4v) is 2.83. The van der Waals surface area contributed by atoms with E-state index < -0.39 is 0 Å². The van der Waals surface area contributed by atoms with Crippen LogP contribution in [0.3, 0.4) is 0 Å². The summed E-state index contributed by atoms with van der Waals surface area (Å²) in [7, 11) is 3.91. The Kier molecular flexibility index (Phi) is 3.86. The molecule has 2 nitrogen and oxygen atoms in total. The Hall–Kier alpha value is -0.550. The third kappa shape index (κ3) is 2.25. The third-order valence-electron chi connectivity index (χ3n) is 2.97. The molecule has 0 aromatic heterocycles. The van der Waals surface area contributed by atoms with Crippen molar-refractivity contribution in [3.8, 4) is 0 Å². The van der Waals surface area contributed by atoms with E-state index in [0.29, 0.717) is 0 Å². The van der Waals surface area contributed by atoms with E-state index in [1.807, 2.05) is 0 Å². The molecule has 0 N–H and O–H groups in total. The van der Waals surface area contributed by atoms with Crippen LogP contribution in [0.1, 0.15) is 18.0 Å². The van der Waals surface area contributed by atoms with E-state index in [4.69, 9.17) is 4.74 Å². The Balaban J connectivity index is 2.41. The Morgan fingerprint density at radius 2 is 2.12 bits per heavy atom. The molecule has 0 spiro atoms. The van der Waals surface area contributed by atoms with Crippen molar-refractivity contribution in [2.45, 2.75) is 12.5 Å². The average Bonchev–Trinajstić information content (AvgIpc) is 2.30. The van der Waals surface area contributed by atoms with Gasteiger partial charge in [0.2, 0.25) is 0 Å². The normalized spacial score (nSPS) is 21.7. The van der Waals surface area contributed by atoms with Crippen LogP contribution in [0, 0.1) is 3.57 Å². The Morgan fingerprint density at radius 3 is 2.81 bits per heavy atom. The lowest BCUT2D eigenvalue weighted by Crippen LogP contribution is -2.31. The summed E-state index contributed by atoms with van der Waals surface area (Å²) >= 11 is 2.39. The van der Waals surface area contributed by atoms with Crippen molar-refractivity contribution >= 4 is 22.6 Å². The molecule has 1 aliphatic heterocycles. The quantitative estimate of drug-likeness (QED) is 0.773. The molecule has 16 heavy (non-hydrogen) atoms. The van der Waals surface area contributed by atoms with Gasteiger partial charge in [-0.15, -0.1) is 0 Å². The van der Waals surface area contributed by atoms with Gasteiger partial charge in [-0.25, -0.2) is 0 Å². The largest absolute Gasteiger partial charge is 0.499 e. The average molecular weight is 329 g/mol. The Labute approximate surface area is 110 Å². The number of methoxy groups -OCH3 is 1. The van der Waals surface area contributed by atoms with Crippen molar-refractivity contribution in [1.29, 1.82) is 0 Å². The Morgan fingerprint density at radius 1 is 1.38 bits per heavy atom. The van der Waals surface area contributed by atoms with Crippen molar-refractivity contribution in [2.75, 3.05) is 20.7 Å².